The third-order valence-corrected chi connectivity index (χ3v) is 7.23. The van der Waals surface area contributed by atoms with Gasteiger partial charge in [-0.1, -0.05) is 42.5 Å². The summed E-state index contributed by atoms with van der Waals surface area (Å²) in [4.78, 5) is 7.26. The highest BCUT2D eigenvalue weighted by Gasteiger charge is 2.12. The van der Waals surface area contributed by atoms with E-state index in [-0.39, 0.29) is 0 Å². The Bertz CT molecular complexity index is 1560. The predicted molar refractivity (Wildman–Crippen MR) is 156 cm³/mol. The van der Waals surface area contributed by atoms with Gasteiger partial charge in [-0.25, -0.2) is 9.50 Å². The van der Waals surface area contributed by atoms with Crippen LogP contribution in [0.25, 0.3) is 16.9 Å². The van der Waals surface area contributed by atoms with Gasteiger partial charge in [-0.3, -0.25) is 4.90 Å². The lowest BCUT2D eigenvalue weighted by molar-refractivity contribution is 0.238. The van der Waals surface area contributed by atoms with Gasteiger partial charge in [0, 0.05) is 18.5 Å². The summed E-state index contributed by atoms with van der Waals surface area (Å²) in [6.07, 6.45) is 3.26. The molecule has 7 heteroatoms. The van der Waals surface area contributed by atoms with Gasteiger partial charge in [0.05, 0.1) is 12.8 Å². The van der Waals surface area contributed by atoms with Crippen LogP contribution >= 0.6 is 0 Å². The summed E-state index contributed by atoms with van der Waals surface area (Å²) in [5, 5.41) is 4.86. The topological polar surface area (TPSA) is 61.1 Å². The molecule has 0 amide bonds. The number of aromatic nitrogens is 3. The zero-order valence-electron chi connectivity index (χ0n) is 22.8. The molecule has 0 aliphatic carbocycles. The molecular formula is C33H34N4O3. The van der Waals surface area contributed by atoms with Gasteiger partial charge in [0.25, 0.3) is 0 Å². The maximum Gasteiger partial charge on any atom is 0.156 e. The summed E-state index contributed by atoms with van der Waals surface area (Å²) < 4.78 is 19.3. The Kier molecular flexibility index (Phi) is 7.91. The van der Waals surface area contributed by atoms with E-state index in [0.29, 0.717) is 13.0 Å². The average molecular weight is 535 g/mol. The molecular weight excluding hydrogens is 500 g/mol. The van der Waals surface area contributed by atoms with Crippen molar-refractivity contribution in [2.75, 3.05) is 33.4 Å². The van der Waals surface area contributed by atoms with Crippen molar-refractivity contribution in [3.63, 3.8) is 0 Å². The number of fused-ring (bicyclic) bond motifs is 1. The van der Waals surface area contributed by atoms with Crippen molar-refractivity contribution in [2.24, 2.45) is 0 Å². The third kappa shape index (κ3) is 6.26. The summed E-state index contributed by atoms with van der Waals surface area (Å²) in [6, 6.07) is 30.3. The summed E-state index contributed by atoms with van der Waals surface area (Å²) >= 11 is 0. The number of pyridine rings is 1. The molecule has 2 aromatic heterocycles. The van der Waals surface area contributed by atoms with E-state index in [1.54, 1.807) is 7.11 Å². The smallest absolute Gasteiger partial charge is 0.156 e. The Labute approximate surface area is 235 Å². The van der Waals surface area contributed by atoms with Crippen LogP contribution < -0.4 is 14.2 Å². The number of nitrogens with zero attached hydrogens (tertiary/aromatic N) is 4. The Morgan fingerprint density at radius 3 is 2.40 bits per heavy atom. The van der Waals surface area contributed by atoms with Crippen molar-refractivity contribution in [3.05, 3.63) is 108 Å². The average Bonchev–Trinajstić information content (AvgIpc) is 3.67. The highest BCUT2D eigenvalue weighted by molar-refractivity contribution is 5.64. The lowest BCUT2D eigenvalue weighted by atomic mass is 10.1. The first kappa shape index (κ1) is 25.9. The largest absolute Gasteiger partial charge is 0.497 e. The molecule has 1 fully saturated rings. The molecule has 0 N–H and O–H groups in total. The molecule has 1 aliphatic heterocycles. The van der Waals surface area contributed by atoms with E-state index in [9.17, 15) is 0 Å². The first-order valence-electron chi connectivity index (χ1n) is 13.9. The van der Waals surface area contributed by atoms with Crippen molar-refractivity contribution < 1.29 is 14.2 Å². The molecule has 0 unspecified atom stereocenters. The first-order chi connectivity index (χ1) is 19.7. The fourth-order valence-corrected chi connectivity index (χ4v) is 5.10. The first-order valence-corrected chi connectivity index (χ1v) is 13.9. The molecule has 0 atom stereocenters. The minimum absolute atomic E-state index is 0.459. The maximum absolute atomic E-state index is 6.10. The monoisotopic (exact) mass is 534 g/mol. The molecule has 0 radical (unpaired) electrons. The van der Waals surface area contributed by atoms with Gasteiger partial charge in [0.2, 0.25) is 0 Å². The molecule has 0 spiro atoms. The van der Waals surface area contributed by atoms with E-state index in [2.05, 4.69) is 29.2 Å². The SMILES string of the molecule is COc1cccc(COc2cccc(-c3cccc4nc(Cc5ccc(OCCN6CCCC6)cc5)nn34)c2)c1. The lowest BCUT2D eigenvalue weighted by Gasteiger charge is -2.14. The quantitative estimate of drug-likeness (QED) is 0.206. The molecule has 0 bridgehead atoms. The van der Waals surface area contributed by atoms with E-state index in [0.717, 1.165) is 64.3 Å². The molecule has 3 heterocycles. The second-order valence-electron chi connectivity index (χ2n) is 10.1. The molecule has 1 aliphatic rings. The van der Waals surface area contributed by atoms with E-state index < -0.39 is 0 Å². The van der Waals surface area contributed by atoms with Crippen LogP contribution in [-0.2, 0) is 13.0 Å². The van der Waals surface area contributed by atoms with E-state index in [1.807, 2.05) is 71.2 Å². The van der Waals surface area contributed by atoms with Crippen molar-refractivity contribution in [2.45, 2.75) is 25.9 Å². The number of ether oxygens (including phenoxy) is 3. The summed E-state index contributed by atoms with van der Waals surface area (Å²) in [5.41, 5.74) is 4.99. The van der Waals surface area contributed by atoms with Gasteiger partial charge < -0.3 is 14.2 Å². The summed E-state index contributed by atoms with van der Waals surface area (Å²) in [5.74, 6) is 3.29. The van der Waals surface area contributed by atoms with Crippen LogP contribution in [0.2, 0.25) is 0 Å². The highest BCUT2D eigenvalue weighted by atomic mass is 16.5. The zero-order chi connectivity index (χ0) is 27.1. The molecule has 40 heavy (non-hydrogen) atoms. The number of rotatable bonds is 11. The predicted octanol–water partition coefficient (Wildman–Crippen LogP) is 6.05. The van der Waals surface area contributed by atoms with Crippen LogP contribution in [0.15, 0.2) is 91.0 Å². The van der Waals surface area contributed by atoms with Crippen molar-refractivity contribution in [1.82, 2.24) is 19.5 Å². The number of hydrogen-bond donors (Lipinski definition) is 0. The standard InChI is InChI=1S/C33H34N4O3/c1-38-29-9-4-7-26(21-29)24-40-30-10-5-8-27(23-30)31-11-6-12-33-34-32(35-37(31)33)22-25-13-15-28(16-14-25)39-20-19-36-17-2-3-18-36/h4-16,21,23H,2-3,17-20,22,24H2,1H3. The van der Waals surface area contributed by atoms with Crippen LogP contribution in [0.5, 0.6) is 17.2 Å². The third-order valence-electron chi connectivity index (χ3n) is 7.23. The number of benzene rings is 3. The fraction of sp³-hybridized carbons (Fsp3) is 0.273. The van der Waals surface area contributed by atoms with Crippen molar-refractivity contribution in [3.8, 4) is 28.5 Å². The van der Waals surface area contributed by atoms with Gasteiger partial charge in [0.1, 0.15) is 30.5 Å². The normalized spacial score (nSPS) is 13.5. The fourth-order valence-electron chi connectivity index (χ4n) is 5.10. The Balaban J connectivity index is 1.12. The van der Waals surface area contributed by atoms with Gasteiger partial charge in [-0.05, 0) is 85.6 Å². The Hall–Kier alpha value is -4.36. The second kappa shape index (κ2) is 12.2. The van der Waals surface area contributed by atoms with Crippen LogP contribution in [0.4, 0.5) is 0 Å². The van der Waals surface area contributed by atoms with Crippen LogP contribution in [0.3, 0.4) is 0 Å². The molecule has 204 valence electrons. The highest BCUT2D eigenvalue weighted by Crippen LogP contribution is 2.26. The molecule has 5 aromatic rings. The number of hydrogen-bond acceptors (Lipinski definition) is 6. The molecule has 6 rings (SSSR count). The molecule has 0 saturated carbocycles. The molecule has 7 nitrogen and oxygen atoms in total. The summed E-state index contributed by atoms with van der Waals surface area (Å²) in [6.45, 7) is 4.56. The van der Waals surface area contributed by atoms with E-state index >= 15 is 0 Å². The maximum atomic E-state index is 6.10. The zero-order valence-corrected chi connectivity index (χ0v) is 22.8. The van der Waals surface area contributed by atoms with Gasteiger partial charge in [-0.15, -0.1) is 0 Å². The Morgan fingerprint density at radius 1 is 0.750 bits per heavy atom. The minimum Gasteiger partial charge on any atom is -0.497 e. The van der Waals surface area contributed by atoms with Crippen LogP contribution in [0, 0.1) is 0 Å². The number of likely N-dealkylation sites (tertiary alicyclic amines) is 1. The van der Waals surface area contributed by atoms with Gasteiger partial charge >= 0.3 is 0 Å². The lowest BCUT2D eigenvalue weighted by Crippen LogP contribution is -2.25. The van der Waals surface area contributed by atoms with Crippen molar-refractivity contribution >= 4 is 5.65 Å². The van der Waals surface area contributed by atoms with Gasteiger partial charge in [-0.2, -0.15) is 5.10 Å². The van der Waals surface area contributed by atoms with Crippen LogP contribution in [-0.4, -0.2) is 52.8 Å². The van der Waals surface area contributed by atoms with Crippen LogP contribution in [0.1, 0.15) is 29.8 Å². The van der Waals surface area contributed by atoms with Gasteiger partial charge in [0.15, 0.2) is 11.5 Å². The summed E-state index contributed by atoms with van der Waals surface area (Å²) in [7, 11) is 1.67. The van der Waals surface area contributed by atoms with E-state index in [4.69, 9.17) is 24.3 Å². The molecule has 1 saturated heterocycles. The minimum atomic E-state index is 0.459. The second-order valence-corrected chi connectivity index (χ2v) is 10.1. The molecule has 3 aromatic carbocycles. The Morgan fingerprint density at radius 2 is 1.55 bits per heavy atom. The number of methoxy groups -OCH3 is 1. The van der Waals surface area contributed by atoms with Crippen molar-refractivity contribution in [1.29, 1.82) is 0 Å². The van der Waals surface area contributed by atoms with E-state index in [1.165, 1.54) is 25.9 Å².